The van der Waals surface area contributed by atoms with Crippen LogP contribution >= 0.6 is 0 Å². The first-order chi connectivity index (χ1) is 8.47. The molecule has 18 heavy (non-hydrogen) atoms. The maximum absolute atomic E-state index is 11.8. The van der Waals surface area contributed by atoms with Gasteiger partial charge in [-0.05, 0) is 47.6 Å². The van der Waals surface area contributed by atoms with E-state index in [0.29, 0.717) is 11.5 Å². The zero-order valence-electron chi connectivity index (χ0n) is 11.8. The molecule has 0 aliphatic carbocycles. The van der Waals surface area contributed by atoms with Gasteiger partial charge in [0.2, 0.25) is 0 Å². The largest absolute Gasteiger partial charge is 0.290 e. The molecule has 1 rings (SSSR count). The fourth-order valence-corrected chi connectivity index (χ4v) is 1.94. The Hall–Kier alpha value is -1.63. The fourth-order valence-electron chi connectivity index (χ4n) is 1.94. The van der Waals surface area contributed by atoms with Gasteiger partial charge in [-0.15, -0.1) is 0 Å². The van der Waals surface area contributed by atoms with Gasteiger partial charge in [0.05, 0.1) is 0 Å². The highest BCUT2D eigenvalue weighted by atomic mass is 16.1. The summed E-state index contributed by atoms with van der Waals surface area (Å²) in [6, 6.07) is 8.30. The van der Waals surface area contributed by atoms with Gasteiger partial charge in [-0.25, -0.2) is 0 Å². The van der Waals surface area contributed by atoms with E-state index in [-0.39, 0.29) is 5.78 Å². The van der Waals surface area contributed by atoms with Gasteiger partial charge in [0.25, 0.3) is 0 Å². The maximum atomic E-state index is 11.8. The van der Waals surface area contributed by atoms with Crippen molar-refractivity contribution in [2.45, 2.75) is 40.0 Å². The summed E-state index contributed by atoms with van der Waals surface area (Å²) >= 11 is 0. The Kier molecular flexibility index (Phi) is 5.08. The second-order valence-corrected chi connectivity index (χ2v) is 4.91. The quantitative estimate of drug-likeness (QED) is 0.681. The molecular weight excluding hydrogens is 220 g/mol. The maximum Gasteiger partial charge on any atom is 0.181 e. The third kappa shape index (κ3) is 3.43. The number of carbonyl (C=O) groups excluding carboxylic acids is 1. The molecule has 0 N–H and O–H groups in total. The zero-order chi connectivity index (χ0) is 13.7. The van der Waals surface area contributed by atoms with Gasteiger partial charge < -0.3 is 0 Å². The van der Waals surface area contributed by atoms with Crippen LogP contribution in [0.25, 0.3) is 5.57 Å². The predicted molar refractivity (Wildman–Crippen MR) is 78.6 cm³/mol. The number of rotatable bonds is 5. The molecule has 0 heterocycles. The Morgan fingerprint density at radius 3 is 2.44 bits per heavy atom. The van der Waals surface area contributed by atoms with Crippen LogP contribution in [0.4, 0.5) is 0 Å². The van der Waals surface area contributed by atoms with E-state index in [1.54, 1.807) is 13.0 Å². The summed E-state index contributed by atoms with van der Waals surface area (Å²) < 4.78 is 0. The SMILES string of the molecule is C=C(C)C(=O)/C=C(\CC)c1ccccc1C(C)C. The summed E-state index contributed by atoms with van der Waals surface area (Å²) in [4.78, 5) is 11.8. The molecule has 0 bridgehead atoms. The molecule has 0 aliphatic heterocycles. The van der Waals surface area contributed by atoms with Gasteiger partial charge in [0, 0.05) is 0 Å². The van der Waals surface area contributed by atoms with Crippen LogP contribution in [-0.2, 0) is 4.79 Å². The number of ketones is 1. The van der Waals surface area contributed by atoms with Gasteiger partial charge >= 0.3 is 0 Å². The minimum absolute atomic E-state index is 0.0189. The number of benzene rings is 1. The Bertz CT molecular complexity index is 478. The van der Waals surface area contributed by atoms with Crippen molar-refractivity contribution in [1.29, 1.82) is 0 Å². The van der Waals surface area contributed by atoms with Crippen LogP contribution < -0.4 is 0 Å². The molecule has 0 spiro atoms. The zero-order valence-corrected chi connectivity index (χ0v) is 11.8. The van der Waals surface area contributed by atoms with E-state index in [2.05, 4.69) is 39.5 Å². The molecule has 96 valence electrons. The highest BCUT2D eigenvalue weighted by molar-refractivity contribution is 6.07. The molecule has 0 saturated carbocycles. The van der Waals surface area contributed by atoms with Crippen LogP contribution in [0.1, 0.15) is 51.2 Å². The van der Waals surface area contributed by atoms with E-state index in [4.69, 9.17) is 0 Å². The highest BCUT2D eigenvalue weighted by Crippen LogP contribution is 2.27. The van der Waals surface area contributed by atoms with Crippen LogP contribution in [0, 0.1) is 0 Å². The average molecular weight is 242 g/mol. The van der Waals surface area contributed by atoms with Crippen LogP contribution in [0.15, 0.2) is 42.5 Å². The lowest BCUT2D eigenvalue weighted by atomic mass is 9.90. The molecule has 0 aliphatic rings. The average Bonchev–Trinajstić information content (AvgIpc) is 2.35. The summed E-state index contributed by atoms with van der Waals surface area (Å²) in [7, 11) is 0. The van der Waals surface area contributed by atoms with Crippen molar-refractivity contribution < 1.29 is 4.79 Å². The summed E-state index contributed by atoms with van der Waals surface area (Å²) in [6.45, 7) is 11.9. The molecule has 0 saturated heterocycles. The van der Waals surface area contributed by atoms with Crippen molar-refractivity contribution in [3.8, 4) is 0 Å². The van der Waals surface area contributed by atoms with Gasteiger partial charge in [-0.3, -0.25) is 4.79 Å². The van der Waals surface area contributed by atoms with Crippen LogP contribution in [-0.4, -0.2) is 5.78 Å². The molecule has 1 heteroatoms. The molecule has 0 aromatic heterocycles. The normalized spacial score (nSPS) is 11.7. The minimum atomic E-state index is 0.0189. The molecule has 0 atom stereocenters. The van der Waals surface area contributed by atoms with E-state index < -0.39 is 0 Å². The number of allylic oxidation sites excluding steroid dienone is 3. The topological polar surface area (TPSA) is 17.1 Å². The summed E-state index contributed by atoms with van der Waals surface area (Å²) in [5.74, 6) is 0.474. The predicted octanol–water partition coefficient (Wildman–Crippen LogP) is 4.75. The standard InChI is InChI=1S/C17H22O/c1-6-14(11-17(18)13(4)5)16-10-8-7-9-15(16)12(2)3/h7-12H,4,6H2,1-3,5H3/b14-11+. The molecular formula is C17H22O. The number of hydrogen-bond donors (Lipinski definition) is 0. The van der Waals surface area contributed by atoms with E-state index in [1.807, 2.05) is 12.1 Å². The second kappa shape index (κ2) is 6.34. The lowest BCUT2D eigenvalue weighted by molar-refractivity contribution is -0.111. The molecule has 1 nitrogen and oxygen atoms in total. The Labute approximate surface area is 110 Å². The van der Waals surface area contributed by atoms with Crippen molar-refractivity contribution in [3.63, 3.8) is 0 Å². The smallest absolute Gasteiger partial charge is 0.181 e. The number of carbonyl (C=O) groups is 1. The van der Waals surface area contributed by atoms with Crippen molar-refractivity contribution in [2.75, 3.05) is 0 Å². The van der Waals surface area contributed by atoms with Crippen LogP contribution in [0.3, 0.4) is 0 Å². The van der Waals surface area contributed by atoms with E-state index >= 15 is 0 Å². The van der Waals surface area contributed by atoms with E-state index in [0.717, 1.165) is 12.0 Å². The number of hydrogen-bond acceptors (Lipinski definition) is 1. The second-order valence-electron chi connectivity index (χ2n) is 4.91. The Morgan fingerprint density at radius 2 is 1.94 bits per heavy atom. The van der Waals surface area contributed by atoms with Crippen LogP contribution in [0.2, 0.25) is 0 Å². The summed E-state index contributed by atoms with van der Waals surface area (Å²) in [5, 5.41) is 0. The van der Waals surface area contributed by atoms with E-state index in [1.165, 1.54) is 11.1 Å². The van der Waals surface area contributed by atoms with Crippen molar-refractivity contribution in [2.24, 2.45) is 0 Å². The van der Waals surface area contributed by atoms with Crippen molar-refractivity contribution in [3.05, 3.63) is 53.6 Å². The highest BCUT2D eigenvalue weighted by Gasteiger charge is 2.10. The Morgan fingerprint density at radius 1 is 1.33 bits per heavy atom. The molecule has 0 fully saturated rings. The first-order valence-corrected chi connectivity index (χ1v) is 6.47. The van der Waals surface area contributed by atoms with Crippen LogP contribution in [0.5, 0.6) is 0 Å². The lowest BCUT2D eigenvalue weighted by Gasteiger charge is -2.14. The third-order valence-electron chi connectivity index (χ3n) is 3.04. The first kappa shape index (κ1) is 14.4. The fraction of sp³-hybridized carbons (Fsp3) is 0.353. The van der Waals surface area contributed by atoms with Gasteiger partial charge in [0.15, 0.2) is 5.78 Å². The molecule has 0 radical (unpaired) electrons. The first-order valence-electron chi connectivity index (χ1n) is 6.47. The lowest BCUT2D eigenvalue weighted by Crippen LogP contribution is -1.99. The minimum Gasteiger partial charge on any atom is -0.290 e. The van der Waals surface area contributed by atoms with Crippen molar-refractivity contribution in [1.82, 2.24) is 0 Å². The Balaban J connectivity index is 3.25. The third-order valence-corrected chi connectivity index (χ3v) is 3.04. The molecule has 0 unspecified atom stereocenters. The van der Waals surface area contributed by atoms with E-state index in [9.17, 15) is 4.79 Å². The molecule has 0 amide bonds. The van der Waals surface area contributed by atoms with Gasteiger partial charge in [-0.2, -0.15) is 0 Å². The molecule has 1 aromatic rings. The summed E-state index contributed by atoms with van der Waals surface area (Å²) in [6.07, 6.45) is 2.58. The van der Waals surface area contributed by atoms with Gasteiger partial charge in [0.1, 0.15) is 0 Å². The van der Waals surface area contributed by atoms with Crippen molar-refractivity contribution >= 4 is 11.4 Å². The summed E-state index contributed by atoms with van der Waals surface area (Å²) in [5.41, 5.74) is 4.15. The molecule has 1 aromatic carbocycles. The van der Waals surface area contributed by atoms with Gasteiger partial charge in [-0.1, -0.05) is 51.6 Å². The monoisotopic (exact) mass is 242 g/mol.